The van der Waals surface area contributed by atoms with Gasteiger partial charge in [0.1, 0.15) is 0 Å². The molecule has 32 heavy (non-hydrogen) atoms. The summed E-state index contributed by atoms with van der Waals surface area (Å²) in [7, 11) is 1.88. The highest BCUT2D eigenvalue weighted by Crippen LogP contribution is 2.52. The molecular weight excluding hydrogens is 409 g/mol. The molecule has 3 heterocycles. The van der Waals surface area contributed by atoms with E-state index in [1.807, 2.05) is 77.2 Å². The minimum absolute atomic E-state index is 0.0300. The van der Waals surface area contributed by atoms with E-state index < -0.39 is 17.8 Å². The first-order chi connectivity index (χ1) is 15.0. The van der Waals surface area contributed by atoms with Gasteiger partial charge in [-0.2, -0.15) is 0 Å². The third kappa shape index (κ3) is 2.41. The van der Waals surface area contributed by atoms with Crippen LogP contribution in [0.25, 0.3) is 11.1 Å². The minimum Gasteiger partial charge on any atom is -0.596 e. The van der Waals surface area contributed by atoms with Gasteiger partial charge in [-0.25, -0.2) is 9.59 Å². The minimum atomic E-state index is -2.44. The second-order valence-corrected chi connectivity index (χ2v) is 10.0. The van der Waals surface area contributed by atoms with Crippen molar-refractivity contribution in [3.05, 3.63) is 42.5 Å². The lowest BCUT2D eigenvalue weighted by atomic mass is 9.57. The average Bonchev–Trinajstić information content (AvgIpc) is 2.96. The molecule has 2 aromatic rings. The lowest BCUT2D eigenvalue weighted by Crippen LogP contribution is -2.77. The van der Waals surface area contributed by atoms with Gasteiger partial charge < -0.3 is 23.2 Å². The molecule has 2 aromatic carbocycles. The Labute approximate surface area is 187 Å². The number of carbonyl (C=O) groups is 2. The van der Waals surface area contributed by atoms with Gasteiger partial charge in [0.25, 0.3) is 0 Å². The maximum absolute atomic E-state index is 13.0. The second-order valence-electron chi connectivity index (χ2n) is 10.0. The molecule has 0 spiro atoms. The van der Waals surface area contributed by atoms with Crippen LogP contribution in [0.5, 0.6) is 11.5 Å². The Morgan fingerprint density at radius 2 is 1.41 bits per heavy atom. The summed E-state index contributed by atoms with van der Waals surface area (Å²) in [5, 5.41) is 0. The van der Waals surface area contributed by atoms with Gasteiger partial charge in [-0.3, -0.25) is 0 Å². The summed E-state index contributed by atoms with van der Waals surface area (Å²) in [5.74, 6) is 0.687. The van der Waals surface area contributed by atoms with Crippen molar-refractivity contribution in [1.82, 2.24) is 0 Å². The molecule has 2 fully saturated rings. The zero-order chi connectivity index (χ0) is 22.9. The second kappa shape index (κ2) is 6.51. The molecule has 0 aromatic heterocycles. The summed E-state index contributed by atoms with van der Waals surface area (Å²) in [6, 6.07) is 13.5. The van der Waals surface area contributed by atoms with Crippen molar-refractivity contribution in [2.75, 3.05) is 20.3 Å². The lowest BCUT2D eigenvalue weighted by Gasteiger charge is -2.54. The fourth-order valence-corrected chi connectivity index (χ4v) is 5.46. The fourth-order valence-electron chi connectivity index (χ4n) is 5.46. The van der Waals surface area contributed by atoms with E-state index in [1.54, 1.807) is 0 Å². The average molecular weight is 437 g/mol. The van der Waals surface area contributed by atoms with E-state index >= 15 is 0 Å². The maximum atomic E-state index is 13.0. The van der Waals surface area contributed by atoms with Gasteiger partial charge in [0.2, 0.25) is 0 Å². The molecule has 0 radical (unpaired) electrons. The lowest BCUT2D eigenvalue weighted by molar-refractivity contribution is -0.885. The molecular formula is C24H28BNO6. The number of carbonyl (C=O) groups excluding carboxylic acids is 2. The third-order valence-corrected chi connectivity index (χ3v) is 7.92. The van der Waals surface area contributed by atoms with Crippen molar-refractivity contribution in [2.45, 2.75) is 45.2 Å². The number of rotatable bonds is 2. The first kappa shape index (κ1) is 20.9. The number of hydrogen-bond donors (Lipinski definition) is 0. The van der Waals surface area contributed by atoms with Crippen LogP contribution in [0.2, 0.25) is 0 Å². The fraction of sp³-hybridized carbons (Fsp3) is 0.417. The van der Waals surface area contributed by atoms with Gasteiger partial charge in [-0.15, -0.1) is 0 Å². The predicted molar refractivity (Wildman–Crippen MR) is 119 cm³/mol. The highest BCUT2D eigenvalue weighted by Gasteiger charge is 2.80. The summed E-state index contributed by atoms with van der Waals surface area (Å²) >= 11 is 0. The molecule has 7 nitrogen and oxygen atoms in total. The Morgan fingerprint density at radius 1 is 0.812 bits per heavy atom. The number of benzene rings is 2. The Bertz CT molecular complexity index is 1110. The number of fused-ring (bicyclic) bond motifs is 2. The summed E-state index contributed by atoms with van der Waals surface area (Å²) < 4.78 is 23.6. The molecule has 0 unspecified atom stereocenters. The van der Waals surface area contributed by atoms with Gasteiger partial charge in [0.05, 0.1) is 13.2 Å². The highest BCUT2D eigenvalue weighted by atomic mass is 16.7. The predicted octanol–water partition coefficient (Wildman–Crippen LogP) is 2.78. The van der Waals surface area contributed by atoms with Gasteiger partial charge >= 0.3 is 18.6 Å². The van der Waals surface area contributed by atoms with Crippen LogP contribution < -0.4 is 14.9 Å². The Hall–Kier alpha value is -3.00. The molecule has 0 N–H and O–H groups in total. The van der Waals surface area contributed by atoms with Crippen molar-refractivity contribution < 1.29 is 32.8 Å². The molecule has 0 aliphatic carbocycles. The quantitative estimate of drug-likeness (QED) is 0.674. The van der Waals surface area contributed by atoms with Crippen LogP contribution in [0.1, 0.15) is 34.1 Å². The molecule has 0 bridgehead atoms. The van der Waals surface area contributed by atoms with Crippen molar-refractivity contribution >= 4 is 24.1 Å². The Kier molecular flexibility index (Phi) is 4.25. The van der Waals surface area contributed by atoms with Crippen molar-refractivity contribution in [2.24, 2.45) is 0 Å². The van der Waals surface area contributed by atoms with Crippen LogP contribution in [-0.4, -0.2) is 54.4 Å². The van der Waals surface area contributed by atoms with Crippen molar-refractivity contribution in [3.8, 4) is 22.6 Å². The third-order valence-electron chi connectivity index (χ3n) is 7.92. The Morgan fingerprint density at radius 3 is 2.06 bits per heavy atom. The van der Waals surface area contributed by atoms with E-state index in [9.17, 15) is 9.59 Å². The number of quaternary nitrogens is 1. The molecule has 0 amide bonds. The van der Waals surface area contributed by atoms with Crippen LogP contribution in [0.4, 0.5) is 0 Å². The van der Waals surface area contributed by atoms with Gasteiger partial charge in [-0.05, 0) is 56.4 Å². The first-order valence-electron chi connectivity index (χ1n) is 11.0. The number of hydrogen-bond acceptors (Lipinski definition) is 6. The smallest absolute Gasteiger partial charge is 0.596 e. The SMILES string of the molecule is CC1(C)C(=O)O[B-]2(c3cccc(-c4ccc5c(c4)OCCCO5)c3)OC(=O)C(C)(C)[N+]21C. The molecule has 8 heteroatoms. The standard InChI is InChI=1S/C24H28BNO6/c1-23(2)21(27)31-25(26(23,5)24(3,4)22(28)32-25)18-9-6-8-16(14-18)17-10-11-19-20(15-17)30-13-7-12-29-19/h6,8-11,14-15H,7,12-13H2,1-5H3. The highest BCUT2D eigenvalue weighted by molar-refractivity contribution is 6.79. The zero-order valence-electron chi connectivity index (χ0n) is 19.1. The summed E-state index contributed by atoms with van der Waals surface area (Å²) in [4.78, 5) is 26.0. The van der Waals surface area contributed by atoms with E-state index in [-0.39, 0.29) is 16.3 Å². The molecule has 0 saturated carbocycles. The van der Waals surface area contributed by atoms with E-state index in [0.29, 0.717) is 24.4 Å². The van der Waals surface area contributed by atoms with Crippen molar-refractivity contribution in [1.29, 1.82) is 0 Å². The molecule has 3 aliphatic heterocycles. The topological polar surface area (TPSA) is 71.1 Å². The summed E-state index contributed by atoms with van der Waals surface area (Å²) in [6.07, 6.45) is 0.837. The first-order valence-corrected chi connectivity index (χ1v) is 11.0. The van der Waals surface area contributed by atoms with Crippen molar-refractivity contribution in [3.63, 3.8) is 0 Å². The zero-order valence-corrected chi connectivity index (χ0v) is 19.1. The van der Waals surface area contributed by atoms with E-state index in [1.165, 1.54) is 0 Å². The van der Waals surface area contributed by atoms with Crippen LogP contribution in [0.3, 0.4) is 0 Å². The number of likely N-dealkylation sites (N-methyl/N-ethyl adjacent to an activating group) is 1. The maximum Gasteiger partial charge on any atom is 0.615 e. The van der Waals surface area contributed by atoms with Gasteiger partial charge in [0.15, 0.2) is 22.6 Å². The molecule has 168 valence electrons. The monoisotopic (exact) mass is 437 g/mol. The molecule has 2 saturated heterocycles. The van der Waals surface area contributed by atoms with Crippen LogP contribution in [0, 0.1) is 0 Å². The van der Waals surface area contributed by atoms with E-state index in [4.69, 9.17) is 18.8 Å². The van der Waals surface area contributed by atoms with Crippen LogP contribution >= 0.6 is 0 Å². The van der Waals surface area contributed by atoms with E-state index in [0.717, 1.165) is 23.3 Å². The summed E-state index contributed by atoms with van der Waals surface area (Å²) in [6.45, 7) is 6.06. The van der Waals surface area contributed by atoms with Crippen LogP contribution in [0.15, 0.2) is 42.5 Å². The largest absolute Gasteiger partial charge is 0.615 e. The normalized spacial score (nSPS) is 29.7. The van der Waals surface area contributed by atoms with Gasteiger partial charge in [0, 0.05) is 13.5 Å². The van der Waals surface area contributed by atoms with E-state index in [2.05, 4.69) is 0 Å². The molecule has 3 aliphatic rings. The van der Waals surface area contributed by atoms with Crippen LogP contribution in [-0.2, 0) is 18.9 Å². The molecule has 5 rings (SSSR count). The number of ether oxygens (including phenoxy) is 2. The van der Waals surface area contributed by atoms with Gasteiger partial charge in [-0.1, -0.05) is 30.3 Å². The number of nitrogens with zero attached hydrogens (tertiary/aromatic N) is 1. The summed E-state index contributed by atoms with van der Waals surface area (Å²) in [5.41, 5.74) is 0.601. The Balaban J connectivity index is 1.64. The molecule has 0 atom stereocenters.